The van der Waals surface area contributed by atoms with Gasteiger partial charge in [0.15, 0.2) is 6.61 Å². The molecule has 0 unspecified atom stereocenters. The lowest BCUT2D eigenvalue weighted by Gasteiger charge is -2.08. The number of carbonyl (C=O) groups is 1. The lowest BCUT2D eigenvalue weighted by molar-refractivity contribution is -0.137. The van der Waals surface area contributed by atoms with Crippen LogP contribution >= 0.6 is 11.3 Å². The van der Waals surface area contributed by atoms with Crippen LogP contribution in [0.1, 0.15) is 10.4 Å². The van der Waals surface area contributed by atoms with Crippen LogP contribution in [0.4, 0.5) is 18.9 Å². The largest absolute Gasteiger partial charge is 0.416 e. The molecule has 0 spiro atoms. The molecule has 2 rings (SSSR count). The van der Waals surface area contributed by atoms with Crippen molar-refractivity contribution in [2.75, 3.05) is 11.9 Å². The molecular weight excluding hydrogens is 317 g/mol. The molecule has 0 aliphatic carbocycles. The molecule has 0 fully saturated rings. The van der Waals surface area contributed by atoms with Crippen LogP contribution in [0.15, 0.2) is 46.9 Å². The molecule has 0 bridgehead atoms. The highest BCUT2D eigenvalue weighted by Crippen LogP contribution is 2.29. The van der Waals surface area contributed by atoms with E-state index in [-0.39, 0.29) is 12.3 Å². The Balaban J connectivity index is 1.79. The molecule has 0 saturated heterocycles. The van der Waals surface area contributed by atoms with E-state index in [0.29, 0.717) is 0 Å². The van der Waals surface area contributed by atoms with E-state index in [9.17, 15) is 18.0 Å². The third-order valence-corrected chi connectivity index (χ3v) is 3.30. The number of carbonyl (C=O) groups excluding carboxylic acids is 1. The molecule has 1 aromatic heterocycles. The number of hydrogen-bond acceptors (Lipinski definition) is 4. The van der Waals surface area contributed by atoms with Gasteiger partial charge in [-0.2, -0.15) is 13.2 Å². The van der Waals surface area contributed by atoms with Crippen molar-refractivity contribution in [3.63, 3.8) is 0 Å². The van der Waals surface area contributed by atoms with E-state index in [4.69, 9.17) is 4.84 Å². The minimum atomic E-state index is -4.40. The van der Waals surface area contributed by atoms with Crippen molar-refractivity contribution >= 4 is 29.1 Å². The van der Waals surface area contributed by atoms with Crippen LogP contribution in [0.25, 0.3) is 0 Å². The number of nitrogens with zero attached hydrogens (tertiary/aromatic N) is 1. The van der Waals surface area contributed by atoms with Crippen molar-refractivity contribution in [3.05, 3.63) is 52.2 Å². The van der Waals surface area contributed by atoms with Crippen LogP contribution in [0.2, 0.25) is 0 Å². The zero-order valence-electron chi connectivity index (χ0n) is 11.1. The molecule has 0 aliphatic rings. The van der Waals surface area contributed by atoms with Gasteiger partial charge in [0.1, 0.15) is 0 Å². The maximum Gasteiger partial charge on any atom is 0.416 e. The average molecular weight is 328 g/mol. The van der Waals surface area contributed by atoms with Gasteiger partial charge in [-0.25, -0.2) is 0 Å². The summed E-state index contributed by atoms with van der Waals surface area (Å²) in [5.74, 6) is -0.511. The topological polar surface area (TPSA) is 50.7 Å². The van der Waals surface area contributed by atoms with E-state index < -0.39 is 17.6 Å². The predicted octanol–water partition coefficient (Wildman–Crippen LogP) is 3.76. The summed E-state index contributed by atoms with van der Waals surface area (Å²) in [4.78, 5) is 17.2. The number of rotatable bonds is 5. The average Bonchev–Trinajstić information content (AvgIpc) is 2.96. The van der Waals surface area contributed by atoms with Gasteiger partial charge in [0, 0.05) is 10.6 Å². The third-order valence-electron chi connectivity index (χ3n) is 2.49. The number of alkyl halides is 3. The first-order valence-corrected chi connectivity index (χ1v) is 6.99. The highest BCUT2D eigenvalue weighted by molar-refractivity contribution is 7.11. The first-order chi connectivity index (χ1) is 10.4. The summed E-state index contributed by atoms with van der Waals surface area (Å²) in [6.45, 7) is -0.330. The summed E-state index contributed by atoms with van der Waals surface area (Å²) in [7, 11) is 0. The summed E-state index contributed by atoms with van der Waals surface area (Å²) in [6, 6.07) is 7.82. The van der Waals surface area contributed by atoms with E-state index >= 15 is 0 Å². The molecule has 1 heterocycles. The summed E-state index contributed by atoms with van der Waals surface area (Å²) in [6.07, 6.45) is -2.93. The maximum atomic E-state index is 12.4. The SMILES string of the molecule is O=C(CO/N=C/c1cccs1)Nc1ccc(C(F)(F)F)cc1. The summed E-state index contributed by atoms with van der Waals surface area (Å²) < 4.78 is 37.1. The second-order valence-electron chi connectivity index (χ2n) is 4.15. The van der Waals surface area contributed by atoms with E-state index in [1.54, 1.807) is 0 Å². The number of hydrogen-bond donors (Lipinski definition) is 1. The Morgan fingerprint density at radius 1 is 1.27 bits per heavy atom. The van der Waals surface area contributed by atoms with E-state index in [1.807, 2.05) is 17.5 Å². The second kappa shape index (κ2) is 7.08. The summed E-state index contributed by atoms with van der Waals surface area (Å²) in [5, 5.41) is 7.90. The van der Waals surface area contributed by atoms with E-state index in [2.05, 4.69) is 10.5 Å². The molecule has 8 heteroatoms. The Hall–Kier alpha value is -2.35. The van der Waals surface area contributed by atoms with Crippen LogP contribution in [0, 0.1) is 0 Å². The van der Waals surface area contributed by atoms with Gasteiger partial charge in [-0.05, 0) is 35.7 Å². The molecule has 0 radical (unpaired) electrons. The Labute approximate surface area is 128 Å². The lowest BCUT2D eigenvalue weighted by atomic mass is 10.2. The molecule has 22 heavy (non-hydrogen) atoms. The number of amides is 1. The Kier molecular flexibility index (Phi) is 5.16. The van der Waals surface area contributed by atoms with Gasteiger partial charge in [-0.1, -0.05) is 11.2 Å². The van der Waals surface area contributed by atoms with Crippen LogP contribution in [0.3, 0.4) is 0 Å². The third kappa shape index (κ3) is 4.88. The summed E-state index contributed by atoms with van der Waals surface area (Å²) >= 11 is 1.47. The van der Waals surface area contributed by atoms with Crippen LogP contribution in [0.5, 0.6) is 0 Å². The molecule has 0 aliphatic heterocycles. The molecule has 1 aromatic carbocycles. The van der Waals surface area contributed by atoms with Crippen molar-refractivity contribution in [3.8, 4) is 0 Å². The second-order valence-corrected chi connectivity index (χ2v) is 5.13. The first-order valence-electron chi connectivity index (χ1n) is 6.11. The fraction of sp³-hybridized carbons (Fsp3) is 0.143. The van der Waals surface area contributed by atoms with Crippen molar-refractivity contribution in [2.24, 2.45) is 5.16 Å². The predicted molar refractivity (Wildman–Crippen MR) is 77.9 cm³/mol. The Morgan fingerprint density at radius 2 is 2.00 bits per heavy atom. The van der Waals surface area contributed by atoms with Crippen molar-refractivity contribution in [1.82, 2.24) is 0 Å². The quantitative estimate of drug-likeness (QED) is 0.671. The molecule has 1 amide bonds. The monoisotopic (exact) mass is 328 g/mol. The number of oxime groups is 1. The van der Waals surface area contributed by atoms with E-state index in [1.165, 1.54) is 29.7 Å². The molecule has 0 atom stereocenters. The highest BCUT2D eigenvalue weighted by atomic mass is 32.1. The molecule has 1 N–H and O–H groups in total. The number of nitrogens with one attached hydrogen (secondary N) is 1. The highest BCUT2D eigenvalue weighted by Gasteiger charge is 2.29. The van der Waals surface area contributed by atoms with Gasteiger partial charge >= 0.3 is 6.18 Å². The van der Waals surface area contributed by atoms with Crippen LogP contribution in [-0.2, 0) is 15.8 Å². The number of halogens is 3. The molecule has 2 aromatic rings. The first kappa shape index (κ1) is 16.0. The van der Waals surface area contributed by atoms with Gasteiger partial charge in [0.25, 0.3) is 5.91 Å². The van der Waals surface area contributed by atoms with Crippen LogP contribution in [-0.4, -0.2) is 18.7 Å². The molecule has 4 nitrogen and oxygen atoms in total. The Bertz CT molecular complexity index is 637. The minimum Gasteiger partial charge on any atom is -0.386 e. The fourth-order valence-electron chi connectivity index (χ4n) is 1.49. The lowest BCUT2D eigenvalue weighted by Crippen LogP contribution is -2.17. The van der Waals surface area contributed by atoms with Crippen molar-refractivity contribution in [2.45, 2.75) is 6.18 Å². The van der Waals surface area contributed by atoms with Gasteiger partial charge in [0.2, 0.25) is 0 Å². The molecular formula is C14H11F3N2O2S. The molecule has 116 valence electrons. The van der Waals surface area contributed by atoms with Gasteiger partial charge in [-0.3, -0.25) is 4.79 Å². The zero-order valence-corrected chi connectivity index (χ0v) is 11.9. The smallest absolute Gasteiger partial charge is 0.386 e. The van der Waals surface area contributed by atoms with E-state index in [0.717, 1.165) is 17.0 Å². The standard InChI is InChI=1S/C14H11F3N2O2S/c15-14(16,17)10-3-5-11(6-4-10)19-13(20)9-21-18-8-12-2-1-7-22-12/h1-8H,9H2,(H,19,20)/b18-8+. The molecule has 0 saturated carbocycles. The number of benzene rings is 1. The van der Waals surface area contributed by atoms with Gasteiger partial charge < -0.3 is 10.2 Å². The van der Waals surface area contributed by atoms with Crippen molar-refractivity contribution in [1.29, 1.82) is 0 Å². The normalized spacial score (nSPS) is 11.6. The Morgan fingerprint density at radius 3 is 2.59 bits per heavy atom. The fourth-order valence-corrected chi connectivity index (χ4v) is 2.06. The summed E-state index contributed by atoms with van der Waals surface area (Å²) in [5.41, 5.74) is -0.522. The van der Waals surface area contributed by atoms with Crippen LogP contribution < -0.4 is 5.32 Å². The maximum absolute atomic E-state index is 12.4. The van der Waals surface area contributed by atoms with Gasteiger partial charge in [-0.15, -0.1) is 11.3 Å². The minimum absolute atomic E-state index is 0.254. The number of anilines is 1. The van der Waals surface area contributed by atoms with Gasteiger partial charge in [0.05, 0.1) is 11.8 Å². The zero-order chi connectivity index (χ0) is 16.0. The number of thiophene rings is 1. The van der Waals surface area contributed by atoms with Crippen molar-refractivity contribution < 1.29 is 22.8 Å².